The molecular formula is C13H13N3O2. The summed E-state index contributed by atoms with van der Waals surface area (Å²) in [5.74, 6) is 1.06. The van der Waals surface area contributed by atoms with E-state index in [-0.39, 0.29) is 6.04 Å². The van der Waals surface area contributed by atoms with Gasteiger partial charge in [0.25, 0.3) is 0 Å². The molecule has 0 atom stereocenters. The van der Waals surface area contributed by atoms with Gasteiger partial charge in [-0.15, -0.1) is 0 Å². The van der Waals surface area contributed by atoms with Crippen molar-refractivity contribution in [1.82, 2.24) is 10.1 Å². The maximum Gasteiger partial charge on any atom is 0.322 e. The lowest BCUT2D eigenvalue weighted by Crippen LogP contribution is -2.09. The number of para-hydroxylation sites is 1. The third-order valence-electron chi connectivity index (χ3n) is 2.48. The monoisotopic (exact) mass is 243 g/mol. The van der Waals surface area contributed by atoms with Crippen LogP contribution in [-0.4, -0.2) is 16.2 Å². The van der Waals surface area contributed by atoms with Gasteiger partial charge in [0, 0.05) is 11.4 Å². The number of fused-ring (bicyclic) bond motifs is 1. The van der Waals surface area contributed by atoms with Crippen LogP contribution >= 0.6 is 0 Å². The van der Waals surface area contributed by atoms with E-state index >= 15 is 0 Å². The summed E-state index contributed by atoms with van der Waals surface area (Å²) in [6.45, 7) is 4.01. The smallest absolute Gasteiger partial charge is 0.322 e. The minimum absolute atomic E-state index is 0.244. The Morgan fingerprint density at radius 1 is 1.22 bits per heavy atom. The second-order valence-corrected chi connectivity index (χ2v) is 4.37. The van der Waals surface area contributed by atoms with Crippen LogP contribution in [0.15, 0.2) is 39.3 Å². The minimum Gasteiger partial charge on any atom is -0.453 e. The molecule has 0 aliphatic rings. The Morgan fingerprint density at radius 3 is 2.83 bits per heavy atom. The average molecular weight is 243 g/mol. The molecule has 1 aromatic carbocycles. The van der Waals surface area contributed by atoms with Gasteiger partial charge in [-0.3, -0.25) is 0 Å². The fourth-order valence-corrected chi connectivity index (χ4v) is 1.72. The van der Waals surface area contributed by atoms with Crippen molar-refractivity contribution in [2.45, 2.75) is 19.9 Å². The molecular weight excluding hydrogens is 230 g/mol. The molecule has 0 aliphatic heterocycles. The number of nitrogens with one attached hydrogen (secondary N) is 1. The molecule has 0 unspecified atom stereocenters. The minimum atomic E-state index is 0.244. The van der Waals surface area contributed by atoms with Gasteiger partial charge in [0.15, 0.2) is 5.76 Å². The average Bonchev–Trinajstić information content (AvgIpc) is 2.93. The van der Waals surface area contributed by atoms with Crippen LogP contribution < -0.4 is 5.32 Å². The maximum atomic E-state index is 5.66. The molecule has 0 saturated heterocycles. The first kappa shape index (κ1) is 10.8. The predicted octanol–water partition coefficient (Wildman–Crippen LogP) is 3.30. The van der Waals surface area contributed by atoms with E-state index < -0.39 is 0 Å². The van der Waals surface area contributed by atoms with E-state index in [4.69, 9.17) is 8.94 Å². The molecule has 0 bridgehead atoms. The molecule has 1 N–H and O–H groups in total. The van der Waals surface area contributed by atoms with Gasteiger partial charge in [0.1, 0.15) is 5.58 Å². The Balaban J connectivity index is 1.96. The molecule has 3 aromatic rings. The van der Waals surface area contributed by atoms with Crippen molar-refractivity contribution in [3.05, 3.63) is 30.3 Å². The largest absolute Gasteiger partial charge is 0.453 e. The second-order valence-electron chi connectivity index (χ2n) is 4.37. The van der Waals surface area contributed by atoms with Crippen LogP contribution in [0.25, 0.3) is 22.6 Å². The van der Waals surface area contributed by atoms with Crippen LogP contribution in [0, 0.1) is 0 Å². The van der Waals surface area contributed by atoms with Gasteiger partial charge in [0.05, 0.1) is 0 Å². The number of benzene rings is 1. The van der Waals surface area contributed by atoms with Crippen LogP contribution in [0.1, 0.15) is 13.8 Å². The molecule has 92 valence electrons. The van der Waals surface area contributed by atoms with Crippen molar-refractivity contribution in [3.63, 3.8) is 0 Å². The first-order valence-electron chi connectivity index (χ1n) is 5.81. The van der Waals surface area contributed by atoms with Crippen LogP contribution in [0.4, 0.5) is 6.01 Å². The summed E-state index contributed by atoms with van der Waals surface area (Å²) in [4.78, 5) is 4.23. The number of furan rings is 1. The summed E-state index contributed by atoms with van der Waals surface area (Å²) < 4.78 is 10.8. The number of hydrogen-bond acceptors (Lipinski definition) is 5. The highest BCUT2D eigenvalue weighted by atomic mass is 16.5. The highest BCUT2D eigenvalue weighted by Crippen LogP contribution is 2.26. The summed E-state index contributed by atoms with van der Waals surface area (Å²) in [5.41, 5.74) is 0.815. The third kappa shape index (κ3) is 1.95. The molecule has 3 rings (SSSR count). The molecule has 0 aliphatic carbocycles. The Bertz CT molecular complexity index is 636. The number of aromatic nitrogens is 2. The first-order chi connectivity index (χ1) is 8.72. The van der Waals surface area contributed by atoms with Crippen LogP contribution in [0.2, 0.25) is 0 Å². The molecule has 0 saturated carbocycles. The summed E-state index contributed by atoms with van der Waals surface area (Å²) >= 11 is 0. The molecule has 2 heterocycles. The van der Waals surface area contributed by atoms with E-state index in [2.05, 4.69) is 15.5 Å². The lowest BCUT2D eigenvalue weighted by Gasteiger charge is -2.01. The molecule has 5 nitrogen and oxygen atoms in total. The van der Waals surface area contributed by atoms with Crippen molar-refractivity contribution in [2.75, 3.05) is 5.32 Å². The van der Waals surface area contributed by atoms with Crippen molar-refractivity contribution in [2.24, 2.45) is 0 Å². The maximum absolute atomic E-state index is 5.66. The third-order valence-corrected chi connectivity index (χ3v) is 2.48. The zero-order valence-corrected chi connectivity index (χ0v) is 10.2. The van der Waals surface area contributed by atoms with Gasteiger partial charge >= 0.3 is 6.01 Å². The van der Waals surface area contributed by atoms with Gasteiger partial charge in [-0.25, -0.2) is 0 Å². The molecule has 2 aromatic heterocycles. The van der Waals surface area contributed by atoms with Crippen molar-refractivity contribution < 1.29 is 8.94 Å². The highest BCUT2D eigenvalue weighted by molar-refractivity contribution is 5.81. The van der Waals surface area contributed by atoms with E-state index in [1.807, 2.05) is 44.2 Å². The van der Waals surface area contributed by atoms with Gasteiger partial charge in [0.2, 0.25) is 5.82 Å². The lowest BCUT2D eigenvalue weighted by atomic mass is 10.2. The van der Waals surface area contributed by atoms with E-state index in [9.17, 15) is 0 Å². The molecule has 18 heavy (non-hydrogen) atoms. The van der Waals surface area contributed by atoms with Crippen LogP contribution in [0.5, 0.6) is 0 Å². The Labute approximate surface area is 104 Å². The summed E-state index contributed by atoms with van der Waals surface area (Å²) in [7, 11) is 0. The Morgan fingerprint density at radius 2 is 2.06 bits per heavy atom. The van der Waals surface area contributed by atoms with E-state index in [1.54, 1.807) is 0 Å². The number of rotatable bonds is 3. The lowest BCUT2D eigenvalue weighted by molar-refractivity contribution is 0.427. The van der Waals surface area contributed by atoms with Gasteiger partial charge in [-0.1, -0.05) is 23.4 Å². The van der Waals surface area contributed by atoms with Crippen molar-refractivity contribution in [3.8, 4) is 11.6 Å². The van der Waals surface area contributed by atoms with Gasteiger partial charge in [-0.05, 0) is 26.0 Å². The molecule has 0 fully saturated rings. The zero-order chi connectivity index (χ0) is 12.5. The van der Waals surface area contributed by atoms with Gasteiger partial charge < -0.3 is 14.3 Å². The number of nitrogens with zero attached hydrogens (tertiary/aromatic N) is 2. The van der Waals surface area contributed by atoms with Crippen molar-refractivity contribution in [1.29, 1.82) is 0 Å². The van der Waals surface area contributed by atoms with Gasteiger partial charge in [-0.2, -0.15) is 4.98 Å². The summed E-state index contributed by atoms with van der Waals surface area (Å²) in [6, 6.07) is 10.3. The second kappa shape index (κ2) is 4.18. The molecule has 0 radical (unpaired) electrons. The molecule has 0 amide bonds. The van der Waals surface area contributed by atoms with E-state index in [0.29, 0.717) is 17.6 Å². The normalized spacial score (nSPS) is 11.3. The first-order valence-corrected chi connectivity index (χ1v) is 5.81. The predicted molar refractivity (Wildman–Crippen MR) is 68.3 cm³/mol. The quantitative estimate of drug-likeness (QED) is 0.764. The molecule has 0 spiro atoms. The van der Waals surface area contributed by atoms with Crippen LogP contribution in [-0.2, 0) is 0 Å². The number of hydrogen-bond donors (Lipinski definition) is 1. The molecule has 5 heteroatoms. The fraction of sp³-hybridized carbons (Fsp3) is 0.231. The van der Waals surface area contributed by atoms with Crippen molar-refractivity contribution >= 4 is 17.0 Å². The SMILES string of the molecule is CC(C)Nc1nc(-c2cc3ccccc3o2)no1. The topological polar surface area (TPSA) is 64.1 Å². The summed E-state index contributed by atoms with van der Waals surface area (Å²) in [6.07, 6.45) is 0. The standard InChI is InChI=1S/C13H13N3O2/c1-8(2)14-13-15-12(16-18-13)11-7-9-5-3-4-6-10(9)17-11/h3-8H,1-2H3,(H,14,15,16). The Hall–Kier alpha value is -2.30. The van der Waals surface area contributed by atoms with E-state index in [1.165, 1.54) is 0 Å². The highest BCUT2D eigenvalue weighted by Gasteiger charge is 2.13. The van der Waals surface area contributed by atoms with E-state index in [0.717, 1.165) is 11.0 Å². The fourth-order valence-electron chi connectivity index (χ4n) is 1.72. The summed E-state index contributed by atoms with van der Waals surface area (Å²) in [5, 5.41) is 7.96. The number of anilines is 1. The zero-order valence-electron chi connectivity index (χ0n) is 10.2. The Kier molecular flexibility index (Phi) is 2.51. The van der Waals surface area contributed by atoms with Crippen LogP contribution in [0.3, 0.4) is 0 Å².